The van der Waals surface area contributed by atoms with Crippen LogP contribution in [0, 0.1) is 18.3 Å². The molecule has 0 aromatic carbocycles. The molecule has 0 unspecified atom stereocenters. The first-order chi connectivity index (χ1) is 13.6. The van der Waals surface area contributed by atoms with Gasteiger partial charge in [0, 0.05) is 17.8 Å². The first-order valence-electron chi connectivity index (χ1n) is 9.05. The largest absolute Gasteiger partial charge is 0.488 e. The number of nitrogens with zero attached hydrogens (tertiary/aromatic N) is 5. The summed E-state index contributed by atoms with van der Waals surface area (Å²) in [6.45, 7) is 1.93. The van der Waals surface area contributed by atoms with E-state index in [2.05, 4.69) is 30.5 Å². The van der Waals surface area contributed by atoms with E-state index in [4.69, 9.17) is 15.7 Å². The van der Waals surface area contributed by atoms with Crippen LogP contribution in [0.15, 0.2) is 30.6 Å². The third-order valence-electron chi connectivity index (χ3n) is 4.57. The molecule has 1 saturated carbocycles. The van der Waals surface area contributed by atoms with Crippen molar-refractivity contribution in [2.45, 2.75) is 38.3 Å². The van der Waals surface area contributed by atoms with Crippen LogP contribution in [0.2, 0.25) is 0 Å². The molecule has 9 heteroatoms. The first kappa shape index (κ1) is 17.9. The number of rotatable bonds is 5. The standard InChI is InChI=1S/C19H20N8O/c1-11-2-5-16(28-14-4-3-12(21)6-14)19(24-11)15-7-17(27-26-15)25-18-10-22-13(8-20)9-23-18/h2,5,7,9-10,12,14H,3-4,6,21H2,1H3,(H2,23,25,26,27)/t12-,14-/m1/s1. The molecular weight excluding hydrogens is 356 g/mol. The van der Waals surface area contributed by atoms with Crippen molar-refractivity contribution in [2.24, 2.45) is 5.73 Å². The molecule has 0 amide bonds. The van der Waals surface area contributed by atoms with Crippen molar-refractivity contribution >= 4 is 11.6 Å². The lowest BCUT2D eigenvalue weighted by atomic mass is 10.2. The van der Waals surface area contributed by atoms with Gasteiger partial charge >= 0.3 is 0 Å². The minimum atomic E-state index is 0.104. The number of pyridine rings is 1. The molecular formula is C19H20N8O. The van der Waals surface area contributed by atoms with Crippen molar-refractivity contribution in [1.82, 2.24) is 25.1 Å². The topological polar surface area (TPSA) is 138 Å². The average molecular weight is 376 g/mol. The highest BCUT2D eigenvalue weighted by Gasteiger charge is 2.25. The monoisotopic (exact) mass is 376 g/mol. The van der Waals surface area contributed by atoms with Gasteiger partial charge in [-0.25, -0.2) is 15.0 Å². The summed E-state index contributed by atoms with van der Waals surface area (Å²) in [5.41, 5.74) is 8.56. The number of nitriles is 1. The van der Waals surface area contributed by atoms with Crippen molar-refractivity contribution in [1.29, 1.82) is 5.26 Å². The predicted octanol–water partition coefficient (Wildman–Crippen LogP) is 2.44. The second-order valence-electron chi connectivity index (χ2n) is 6.80. The van der Waals surface area contributed by atoms with E-state index in [-0.39, 0.29) is 17.8 Å². The lowest BCUT2D eigenvalue weighted by Gasteiger charge is -2.16. The van der Waals surface area contributed by atoms with Gasteiger partial charge in [0.1, 0.15) is 29.4 Å². The molecule has 0 spiro atoms. The zero-order valence-electron chi connectivity index (χ0n) is 15.4. The Labute approximate surface area is 162 Å². The van der Waals surface area contributed by atoms with Crippen LogP contribution in [0.25, 0.3) is 11.4 Å². The van der Waals surface area contributed by atoms with Gasteiger partial charge in [0.2, 0.25) is 0 Å². The Morgan fingerprint density at radius 3 is 2.86 bits per heavy atom. The Morgan fingerprint density at radius 2 is 2.14 bits per heavy atom. The van der Waals surface area contributed by atoms with Crippen LogP contribution in [-0.4, -0.2) is 37.3 Å². The molecule has 0 radical (unpaired) electrons. The number of hydrogen-bond donors (Lipinski definition) is 3. The molecule has 28 heavy (non-hydrogen) atoms. The maximum atomic E-state index is 8.80. The van der Waals surface area contributed by atoms with Gasteiger partial charge < -0.3 is 15.8 Å². The predicted molar refractivity (Wildman–Crippen MR) is 103 cm³/mol. The van der Waals surface area contributed by atoms with E-state index >= 15 is 0 Å². The van der Waals surface area contributed by atoms with Crippen molar-refractivity contribution in [2.75, 3.05) is 5.32 Å². The van der Waals surface area contributed by atoms with E-state index in [1.54, 1.807) is 0 Å². The summed E-state index contributed by atoms with van der Waals surface area (Å²) >= 11 is 0. The van der Waals surface area contributed by atoms with Gasteiger partial charge in [-0.3, -0.25) is 5.10 Å². The maximum absolute atomic E-state index is 8.80. The Hall–Kier alpha value is -3.51. The first-order valence-corrected chi connectivity index (χ1v) is 9.05. The smallest absolute Gasteiger partial charge is 0.158 e. The fraction of sp³-hybridized carbons (Fsp3) is 0.316. The van der Waals surface area contributed by atoms with Gasteiger partial charge in [-0.05, 0) is 38.3 Å². The number of anilines is 2. The molecule has 2 atom stereocenters. The third kappa shape index (κ3) is 3.92. The molecule has 3 heterocycles. The summed E-state index contributed by atoms with van der Waals surface area (Å²) in [4.78, 5) is 12.7. The Morgan fingerprint density at radius 1 is 1.25 bits per heavy atom. The summed E-state index contributed by atoms with van der Waals surface area (Å²) in [5.74, 6) is 1.76. The van der Waals surface area contributed by atoms with Crippen LogP contribution in [0.1, 0.15) is 30.7 Å². The quantitative estimate of drug-likeness (QED) is 0.617. The highest BCUT2D eigenvalue weighted by Crippen LogP contribution is 2.32. The normalized spacial score (nSPS) is 18.6. The molecule has 0 aliphatic heterocycles. The Balaban J connectivity index is 1.55. The van der Waals surface area contributed by atoms with Gasteiger partial charge in [-0.15, -0.1) is 0 Å². The minimum Gasteiger partial charge on any atom is -0.488 e. The van der Waals surface area contributed by atoms with E-state index < -0.39 is 0 Å². The maximum Gasteiger partial charge on any atom is 0.158 e. The number of ether oxygens (including phenoxy) is 1. The molecule has 142 valence electrons. The van der Waals surface area contributed by atoms with Gasteiger partial charge in [-0.2, -0.15) is 10.4 Å². The number of aromatic amines is 1. The van der Waals surface area contributed by atoms with Crippen LogP contribution in [-0.2, 0) is 0 Å². The molecule has 9 nitrogen and oxygen atoms in total. The van der Waals surface area contributed by atoms with Gasteiger partial charge in [0.25, 0.3) is 0 Å². The summed E-state index contributed by atoms with van der Waals surface area (Å²) in [5, 5.41) is 19.1. The summed E-state index contributed by atoms with van der Waals surface area (Å²) in [7, 11) is 0. The van der Waals surface area contributed by atoms with Crippen LogP contribution in [0.5, 0.6) is 5.75 Å². The zero-order chi connectivity index (χ0) is 19.5. The SMILES string of the molecule is Cc1ccc(O[C@@H]2CC[C@@H](N)C2)c(-c2cc(Nc3cnc(C#N)cn3)n[nH]2)n1. The molecule has 0 saturated heterocycles. The van der Waals surface area contributed by atoms with E-state index in [0.29, 0.717) is 23.1 Å². The number of aromatic nitrogens is 5. The molecule has 1 aliphatic rings. The summed E-state index contributed by atoms with van der Waals surface area (Å²) in [6, 6.07) is 7.82. The highest BCUT2D eigenvalue weighted by molar-refractivity contribution is 5.67. The number of nitrogens with one attached hydrogen (secondary N) is 2. The van der Waals surface area contributed by atoms with Gasteiger partial charge in [-0.1, -0.05) is 0 Å². The highest BCUT2D eigenvalue weighted by atomic mass is 16.5. The molecule has 1 aliphatic carbocycles. The minimum absolute atomic E-state index is 0.104. The lowest BCUT2D eigenvalue weighted by molar-refractivity contribution is 0.208. The van der Waals surface area contributed by atoms with Gasteiger partial charge in [0.05, 0.1) is 18.1 Å². The summed E-state index contributed by atoms with van der Waals surface area (Å²) in [6.07, 6.45) is 5.75. The molecule has 1 fully saturated rings. The molecule has 4 rings (SSSR count). The second-order valence-corrected chi connectivity index (χ2v) is 6.80. The number of hydrogen-bond acceptors (Lipinski definition) is 8. The number of nitrogens with two attached hydrogens (primary N) is 1. The fourth-order valence-electron chi connectivity index (χ4n) is 3.18. The number of aryl methyl sites for hydroxylation is 1. The average Bonchev–Trinajstić information content (AvgIpc) is 3.33. The Bertz CT molecular complexity index is 1010. The molecule has 4 N–H and O–H groups in total. The fourth-order valence-corrected chi connectivity index (χ4v) is 3.18. The van der Waals surface area contributed by atoms with E-state index in [0.717, 1.165) is 30.7 Å². The number of H-pyrrole nitrogens is 1. The Kier molecular flexibility index (Phi) is 4.87. The summed E-state index contributed by atoms with van der Waals surface area (Å²) < 4.78 is 6.18. The molecule has 3 aromatic heterocycles. The van der Waals surface area contributed by atoms with Crippen LogP contribution < -0.4 is 15.8 Å². The third-order valence-corrected chi connectivity index (χ3v) is 4.57. The zero-order valence-corrected chi connectivity index (χ0v) is 15.4. The van der Waals surface area contributed by atoms with Crippen LogP contribution in [0.3, 0.4) is 0 Å². The van der Waals surface area contributed by atoms with Crippen molar-refractivity contribution in [3.8, 4) is 23.2 Å². The lowest BCUT2D eigenvalue weighted by Crippen LogP contribution is -2.19. The van der Waals surface area contributed by atoms with Crippen molar-refractivity contribution < 1.29 is 4.74 Å². The van der Waals surface area contributed by atoms with E-state index in [1.807, 2.05) is 31.2 Å². The van der Waals surface area contributed by atoms with Crippen LogP contribution >= 0.6 is 0 Å². The molecule has 3 aromatic rings. The van der Waals surface area contributed by atoms with E-state index in [1.165, 1.54) is 12.4 Å². The van der Waals surface area contributed by atoms with Crippen molar-refractivity contribution in [3.05, 3.63) is 42.0 Å². The van der Waals surface area contributed by atoms with Crippen molar-refractivity contribution in [3.63, 3.8) is 0 Å². The second kappa shape index (κ2) is 7.62. The van der Waals surface area contributed by atoms with Crippen LogP contribution in [0.4, 0.5) is 11.6 Å². The molecule has 0 bridgehead atoms. The van der Waals surface area contributed by atoms with Gasteiger partial charge in [0.15, 0.2) is 11.5 Å². The van der Waals surface area contributed by atoms with E-state index in [9.17, 15) is 0 Å².